The van der Waals surface area contributed by atoms with Crippen LogP contribution in [0, 0.1) is 0 Å². The number of benzene rings is 2. The van der Waals surface area contributed by atoms with Crippen molar-refractivity contribution < 1.29 is 9.26 Å². The second-order valence-corrected chi connectivity index (χ2v) is 6.34. The van der Waals surface area contributed by atoms with E-state index in [9.17, 15) is 0 Å². The number of ether oxygens (including phenoxy) is 1. The molecule has 0 fully saturated rings. The minimum Gasteiger partial charge on any atom is -0.496 e. The molecule has 0 radical (unpaired) electrons. The molecule has 4 nitrogen and oxygen atoms in total. The number of hydrogen-bond donors (Lipinski definition) is 0. The number of hydrogen-bond acceptors (Lipinski definition) is 4. The Morgan fingerprint density at radius 1 is 1.12 bits per heavy atom. The molecule has 1 aromatic heterocycles. The number of halogens is 1. The summed E-state index contributed by atoms with van der Waals surface area (Å²) in [6.07, 6.45) is 1.81. The summed E-state index contributed by atoms with van der Waals surface area (Å²) >= 11 is 6.35. The van der Waals surface area contributed by atoms with Crippen molar-refractivity contribution in [2.24, 2.45) is 0 Å². The summed E-state index contributed by atoms with van der Waals surface area (Å²) in [5.74, 6) is 1.89. The lowest BCUT2D eigenvalue weighted by Crippen LogP contribution is -1.89. The van der Waals surface area contributed by atoms with Crippen LogP contribution in [0.2, 0.25) is 0 Å². The minimum absolute atomic E-state index is 0.274. The number of nitrogens with zero attached hydrogens (tertiary/aromatic N) is 2. The third kappa shape index (κ3) is 3.91. The van der Waals surface area contributed by atoms with Gasteiger partial charge in [-0.05, 0) is 35.3 Å². The fourth-order valence-corrected chi connectivity index (χ4v) is 2.65. The quantitative estimate of drug-likeness (QED) is 0.597. The molecule has 0 atom stereocenters. The Morgan fingerprint density at radius 3 is 2.52 bits per heavy atom. The van der Waals surface area contributed by atoms with Gasteiger partial charge in [0.15, 0.2) is 0 Å². The maximum Gasteiger partial charge on any atom is 0.269 e. The van der Waals surface area contributed by atoms with Gasteiger partial charge in [0.05, 0.1) is 12.7 Å². The van der Waals surface area contributed by atoms with Gasteiger partial charge in [0.2, 0.25) is 5.82 Å². The molecule has 128 valence electrons. The number of para-hydroxylation sites is 1. The Hall–Kier alpha value is -2.59. The van der Waals surface area contributed by atoms with Crippen LogP contribution >= 0.6 is 11.6 Å². The highest BCUT2D eigenvalue weighted by atomic mass is 35.5. The van der Waals surface area contributed by atoms with Gasteiger partial charge in [-0.1, -0.05) is 67.0 Å². The summed E-state index contributed by atoms with van der Waals surface area (Å²) in [7, 11) is 1.60. The van der Waals surface area contributed by atoms with Crippen molar-refractivity contribution in [3.63, 3.8) is 0 Å². The van der Waals surface area contributed by atoms with Crippen molar-refractivity contribution in [2.75, 3.05) is 7.11 Å². The maximum atomic E-state index is 6.35. The van der Waals surface area contributed by atoms with Crippen LogP contribution in [-0.2, 0) is 0 Å². The van der Waals surface area contributed by atoms with Crippen LogP contribution < -0.4 is 4.74 Å². The molecule has 0 spiro atoms. The third-order valence-corrected chi connectivity index (χ3v) is 4.15. The van der Waals surface area contributed by atoms with E-state index in [4.69, 9.17) is 20.9 Å². The van der Waals surface area contributed by atoms with Crippen LogP contribution in [0.15, 0.2) is 53.1 Å². The molecule has 0 aliphatic heterocycles. The molecule has 0 unspecified atom stereocenters. The molecule has 1 heterocycles. The van der Waals surface area contributed by atoms with Gasteiger partial charge in [0, 0.05) is 0 Å². The van der Waals surface area contributed by atoms with Crippen molar-refractivity contribution in [1.29, 1.82) is 0 Å². The highest BCUT2D eigenvalue weighted by Gasteiger charge is 2.14. The van der Waals surface area contributed by atoms with Crippen LogP contribution in [0.4, 0.5) is 0 Å². The van der Waals surface area contributed by atoms with E-state index in [2.05, 4.69) is 36.1 Å². The van der Waals surface area contributed by atoms with E-state index < -0.39 is 0 Å². The first-order valence-corrected chi connectivity index (χ1v) is 8.41. The maximum absolute atomic E-state index is 6.35. The standard InChI is InChI=1S/C20H19ClN2O2/c1-13(2)15-10-8-14(9-11-15)12-17(21)20-22-19(23-25-20)16-6-4-5-7-18(16)24-3/h4-13H,1-3H3/b17-12-. The smallest absolute Gasteiger partial charge is 0.269 e. The zero-order chi connectivity index (χ0) is 17.8. The Balaban J connectivity index is 1.86. The summed E-state index contributed by atoms with van der Waals surface area (Å²) in [6, 6.07) is 15.7. The van der Waals surface area contributed by atoms with Crippen LogP contribution in [-0.4, -0.2) is 17.3 Å². The SMILES string of the molecule is COc1ccccc1-c1noc(/C(Cl)=C/c2ccc(C(C)C)cc2)n1. The van der Waals surface area contributed by atoms with Crippen molar-refractivity contribution >= 4 is 22.7 Å². The number of aromatic nitrogens is 2. The normalized spacial score (nSPS) is 11.8. The highest BCUT2D eigenvalue weighted by Crippen LogP contribution is 2.29. The average Bonchev–Trinajstić information content (AvgIpc) is 3.12. The molecule has 25 heavy (non-hydrogen) atoms. The lowest BCUT2D eigenvalue weighted by atomic mass is 10.0. The predicted octanol–water partition coefficient (Wildman–Crippen LogP) is 5.61. The lowest BCUT2D eigenvalue weighted by molar-refractivity contribution is 0.406. The zero-order valence-electron chi connectivity index (χ0n) is 14.4. The Bertz CT molecular complexity index is 883. The summed E-state index contributed by atoms with van der Waals surface area (Å²) in [5, 5.41) is 4.40. The van der Waals surface area contributed by atoms with E-state index in [1.165, 1.54) is 5.56 Å². The molecule has 3 rings (SSSR count). The molecule has 0 aliphatic carbocycles. The summed E-state index contributed by atoms with van der Waals surface area (Å²) in [5.41, 5.74) is 3.02. The molecule has 0 aliphatic rings. The van der Waals surface area contributed by atoms with Crippen LogP contribution in [0.25, 0.3) is 22.5 Å². The molecule has 0 bridgehead atoms. The van der Waals surface area contributed by atoms with E-state index in [1.54, 1.807) is 7.11 Å². The summed E-state index contributed by atoms with van der Waals surface area (Å²) in [6.45, 7) is 4.32. The van der Waals surface area contributed by atoms with E-state index in [0.717, 1.165) is 11.1 Å². The van der Waals surface area contributed by atoms with E-state index in [0.29, 0.717) is 22.5 Å². The van der Waals surface area contributed by atoms with Gasteiger partial charge >= 0.3 is 0 Å². The second kappa shape index (κ2) is 7.53. The Kier molecular flexibility index (Phi) is 5.19. The van der Waals surface area contributed by atoms with Gasteiger partial charge in [0.25, 0.3) is 5.89 Å². The molecule has 5 heteroatoms. The van der Waals surface area contributed by atoms with Gasteiger partial charge in [0.1, 0.15) is 10.8 Å². The van der Waals surface area contributed by atoms with Gasteiger partial charge in [-0.15, -0.1) is 0 Å². The molecular weight excluding hydrogens is 336 g/mol. The molecule has 0 saturated heterocycles. The first-order valence-electron chi connectivity index (χ1n) is 8.03. The number of methoxy groups -OCH3 is 1. The van der Waals surface area contributed by atoms with E-state index in [-0.39, 0.29) is 5.89 Å². The first-order chi connectivity index (χ1) is 12.1. The summed E-state index contributed by atoms with van der Waals surface area (Å²) in [4.78, 5) is 4.37. The molecule has 3 aromatic rings. The van der Waals surface area contributed by atoms with Crippen LogP contribution in [0.1, 0.15) is 36.8 Å². The Morgan fingerprint density at radius 2 is 1.84 bits per heavy atom. The fourth-order valence-electron chi connectivity index (χ4n) is 2.44. The predicted molar refractivity (Wildman–Crippen MR) is 101 cm³/mol. The molecule has 2 aromatic carbocycles. The van der Waals surface area contributed by atoms with Crippen molar-refractivity contribution in [1.82, 2.24) is 10.1 Å². The summed E-state index contributed by atoms with van der Waals surface area (Å²) < 4.78 is 10.6. The Labute approximate surface area is 152 Å². The van der Waals surface area contributed by atoms with E-state index in [1.807, 2.05) is 42.5 Å². The van der Waals surface area contributed by atoms with Crippen molar-refractivity contribution in [2.45, 2.75) is 19.8 Å². The highest BCUT2D eigenvalue weighted by molar-refractivity contribution is 6.50. The van der Waals surface area contributed by atoms with E-state index >= 15 is 0 Å². The monoisotopic (exact) mass is 354 g/mol. The molecule has 0 amide bonds. The van der Waals surface area contributed by atoms with Gasteiger partial charge in [-0.2, -0.15) is 4.98 Å². The fraction of sp³-hybridized carbons (Fsp3) is 0.200. The molecular formula is C20H19ClN2O2. The minimum atomic E-state index is 0.274. The third-order valence-electron chi connectivity index (χ3n) is 3.87. The van der Waals surface area contributed by atoms with Gasteiger partial charge in [-0.25, -0.2) is 0 Å². The topological polar surface area (TPSA) is 48.2 Å². The zero-order valence-corrected chi connectivity index (χ0v) is 15.1. The largest absolute Gasteiger partial charge is 0.496 e. The van der Waals surface area contributed by atoms with Gasteiger partial charge in [-0.3, -0.25) is 0 Å². The average molecular weight is 355 g/mol. The number of rotatable bonds is 5. The van der Waals surface area contributed by atoms with Gasteiger partial charge < -0.3 is 9.26 Å². The van der Waals surface area contributed by atoms with Crippen molar-refractivity contribution in [3.05, 3.63) is 65.5 Å². The van der Waals surface area contributed by atoms with Crippen LogP contribution in [0.3, 0.4) is 0 Å². The molecule has 0 saturated carbocycles. The second-order valence-electron chi connectivity index (χ2n) is 5.94. The van der Waals surface area contributed by atoms with Crippen molar-refractivity contribution in [3.8, 4) is 17.1 Å². The van der Waals surface area contributed by atoms with Crippen LogP contribution in [0.5, 0.6) is 5.75 Å². The first kappa shape index (κ1) is 17.2. The lowest BCUT2D eigenvalue weighted by Gasteiger charge is -2.04. The molecule has 0 N–H and O–H groups in total.